The van der Waals surface area contributed by atoms with Gasteiger partial charge in [0.05, 0.1) is 13.2 Å². The molecular formula is C15H25NO2. The van der Waals surface area contributed by atoms with Crippen molar-refractivity contribution in [3.05, 3.63) is 0 Å². The van der Waals surface area contributed by atoms with E-state index in [0.29, 0.717) is 11.8 Å². The Balaban J connectivity index is 1.54. The molecule has 0 N–H and O–H groups in total. The van der Waals surface area contributed by atoms with E-state index in [2.05, 4.69) is 4.90 Å². The first-order valence-corrected chi connectivity index (χ1v) is 7.90. The van der Waals surface area contributed by atoms with Gasteiger partial charge in [-0.05, 0) is 25.7 Å². The van der Waals surface area contributed by atoms with Crippen LogP contribution in [0.4, 0.5) is 0 Å². The van der Waals surface area contributed by atoms with Crippen molar-refractivity contribution < 1.29 is 9.47 Å². The van der Waals surface area contributed by atoms with E-state index in [4.69, 9.17) is 9.47 Å². The fourth-order valence-electron chi connectivity index (χ4n) is 4.91. The lowest BCUT2D eigenvalue weighted by Crippen LogP contribution is -2.62. The van der Waals surface area contributed by atoms with Gasteiger partial charge in [0.1, 0.15) is 0 Å². The fourth-order valence-corrected chi connectivity index (χ4v) is 4.91. The van der Waals surface area contributed by atoms with Crippen molar-refractivity contribution in [2.45, 2.75) is 56.8 Å². The molecule has 0 aromatic rings. The van der Waals surface area contributed by atoms with E-state index in [1.165, 1.54) is 58.0 Å². The van der Waals surface area contributed by atoms with E-state index < -0.39 is 0 Å². The first kappa shape index (κ1) is 11.7. The van der Waals surface area contributed by atoms with Crippen molar-refractivity contribution in [2.75, 3.05) is 26.3 Å². The monoisotopic (exact) mass is 251 g/mol. The number of ether oxygens (including phenoxy) is 2. The Morgan fingerprint density at radius 1 is 0.778 bits per heavy atom. The third kappa shape index (κ3) is 1.67. The summed E-state index contributed by atoms with van der Waals surface area (Å²) < 4.78 is 12.2. The average molecular weight is 251 g/mol. The number of rotatable bonds is 1. The summed E-state index contributed by atoms with van der Waals surface area (Å²) in [6, 6.07) is 0.867. The summed E-state index contributed by atoms with van der Waals surface area (Å²) in [4.78, 5) is 2.78. The van der Waals surface area contributed by atoms with Gasteiger partial charge >= 0.3 is 0 Å². The van der Waals surface area contributed by atoms with Crippen molar-refractivity contribution >= 4 is 0 Å². The van der Waals surface area contributed by atoms with Crippen LogP contribution >= 0.6 is 0 Å². The molecule has 2 bridgehead atoms. The molecule has 0 amide bonds. The van der Waals surface area contributed by atoms with Gasteiger partial charge in [0.15, 0.2) is 5.79 Å². The van der Waals surface area contributed by atoms with Crippen LogP contribution in [0.1, 0.15) is 44.9 Å². The van der Waals surface area contributed by atoms with Crippen LogP contribution in [0, 0.1) is 11.8 Å². The minimum atomic E-state index is -0.173. The van der Waals surface area contributed by atoms with Crippen LogP contribution in [-0.4, -0.2) is 43.0 Å². The third-order valence-corrected chi connectivity index (χ3v) is 5.73. The van der Waals surface area contributed by atoms with Crippen LogP contribution in [0.3, 0.4) is 0 Å². The lowest BCUT2D eigenvalue weighted by Gasteiger charge is -2.53. The Morgan fingerprint density at radius 3 is 2.00 bits per heavy atom. The molecule has 2 aliphatic carbocycles. The van der Waals surface area contributed by atoms with Gasteiger partial charge in [-0.2, -0.15) is 0 Å². The lowest BCUT2D eigenvalue weighted by atomic mass is 9.71. The maximum atomic E-state index is 6.11. The summed E-state index contributed by atoms with van der Waals surface area (Å²) in [6.45, 7) is 4.08. The van der Waals surface area contributed by atoms with Crippen LogP contribution in [0.5, 0.6) is 0 Å². The summed E-state index contributed by atoms with van der Waals surface area (Å²) in [6.07, 6.45) is 9.72. The van der Waals surface area contributed by atoms with Crippen molar-refractivity contribution in [3.63, 3.8) is 0 Å². The van der Waals surface area contributed by atoms with Crippen molar-refractivity contribution in [2.24, 2.45) is 11.8 Å². The van der Waals surface area contributed by atoms with Gasteiger partial charge < -0.3 is 9.47 Å². The smallest absolute Gasteiger partial charge is 0.176 e. The summed E-state index contributed by atoms with van der Waals surface area (Å²) in [5, 5.41) is 0. The Hall–Kier alpha value is -0.120. The topological polar surface area (TPSA) is 21.7 Å². The molecule has 3 nitrogen and oxygen atoms in total. The molecule has 3 heteroatoms. The van der Waals surface area contributed by atoms with Gasteiger partial charge in [0.25, 0.3) is 0 Å². The van der Waals surface area contributed by atoms with Crippen LogP contribution < -0.4 is 0 Å². The molecule has 2 saturated carbocycles. The fraction of sp³-hybridized carbons (Fsp3) is 1.00. The zero-order valence-corrected chi connectivity index (χ0v) is 11.3. The molecular weight excluding hydrogens is 226 g/mol. The molecule has 0 radical (unpaired) electrons. The number of likely N-dealkylation sites (tertiary alicyclic amines) is 1. The molecule has 102 valence electrons. The molecule has 2 heterocycles. The highest BCUT2D eigenvalue weighted by atomic mass is 16.7. The Bertz CT molecular complexity index is 292. The normalized spacial score (nSPS) is 40.7. The third-order valence-electron chi connectivity index (χ3n) is 5.73. The Kier molecular flexibility index (Phi) is 2.90. The number of piperidine rings is 1. The molecule has 2 aliphatic heterocycles. The number of nitrogens with zero attached hydrogens (tertiary/aromatic N) is 1. The second-order valence-electron chi connectivity index (χ2n) is 6.64. The van der Waals surface area contributed by atoms with E-state index in [0.717, 1.165) is 19.3 Å². The average Bonchev–Trinajstić information content (AvgIpc) is 3.00. The predicted molar refractivity (Wildman–Crippen MR) is 69.3 cm³/mol. The maximum Gasteiger partial charge on any atom is 0.176 e. The molecule has 4 fully saturated rings. The highest BCUT2D eigenvalue weighted by Gasteiger charge is 2.56. The standard InChI is InChI=1S/C15H25NO2/c1-2-7-14(6-1)16-10-12-4-3-5-13(11-16)15(12)17-8-9-18-15/h12-14H,1-11H2/t12-,13+. The van der Waals surface area contributed by atoms with E-state index >= 15 is 0 Å². The maximum absolute atomic E-state index is 6.11. The second kappa shape index (κ2) is 4.46. The van der Waals surface area contributed by atoms with Crippen LogP contribution in [0.2, 0.25) is 0 Å². The zero-order valence-electron chi connectivity index (χ0n) is 11.3. The summed E-state index contributed by atoms with van der Waals surface area (Å²) in [5.41, 5.74) is 0. The molecule has 4 rings (SSSR count). The quantitative estimate of drug-likeness (QED) is 0.714. The molecule has 0 unspecified atom stereocenters. The molecule has 2 atom stereocenters. The van der Waals surface area contributed by atoms with Crippen molar-refractivity contribution in [3.8, 4) is 0 Å². The Labute approximate surface area is 110 Å². The van der Waals surface area contributed by atoms with Gasteiger partial charge in [-0.15, -0.1) is 0 Å². The minimum Gasteiger partial charge on any atom is -0.347 e. The van der Waals surface area contributed by atoms with Gasteiger partial charge in [0.2, 0.25) is 0 Å². The summed E-state index contributed by atoms with van der Waals surface area (Å²) >= 11 is 0. The largest absolute Gasteiger partial charge is 0.347 e. The first-order chi connectivity index (χ1) is 8.88. The minimum absolute atomic E-state index is 0.173. The van der Waals surface area contributed by atoms with Crippen LogP contribution in [0.15, 0.2) is 0 Å². The van der Waals surface area contributed by atoms with Crippen molar-refractivity contribution in [1.82, 2.24) is 4.90 Å². The van der Waals surface area contributed by atoms with E-state index in [1.807, 2.05) is 0 Å². The molecule has 1 spiro atoms. The van der Waals surface area contributed by atoms with Gasteiger partial charge in [-0.25, -0.2) is 0 Å². The van der Waals surface area contributed by atoms with Gasteiger partial charge in [-0.1, -0.05) is 19.3 Å². The van der Waals surface area contributed by atoms with Crippen molar-refractivity contribution in [1.29, 1.82) is 0 Å². The SMILES string of the molecule is C1CCC(N2C[C@H]3CCC[C@@H](C2)C32OCCO2)C1. The Morgan fingerprint density at radius 2 is 1.39 bits per heavy atom. The highest BCUT2D eigenvalue weighted by molar-refractivity contribution is 5.00. The zero-order chi connectivity index (χ0) is 12.0. The summed E-state index contributed by atoms with van der Waals surface area (Å²) in [7, 11) is 0. The first-order valence-electron chi connectivity index (χ1n) is 7.90. The van der Waals surface area contributed by atoms with E-state index in [1.54, 1.807) is 0 Å². The van der Waals surface area contributed by atoms with Crippen LogP contribution in [0.25, 0.3) is 0 Å². The molecule has 2 saturated heterocycles. The summed E-state index contributed by atoms with van der Waals surface area (Å²) in [5.74, 6) is 1.09. The van der Waals surface area contributed by atoms with Gasteiger partial charge in [-0.3, -0.25) is 4.90 Å². The number of hydrogen-bond acceptors (Lipinski definition) is 3. The van der Waals surface area contributed by atoms with Gasteiger partial charge in [0, 0.05) is 31.0 Å². The highest BCUT2D eigenvalue weighted by Crippen LogP contribution is 2.48. The molecule has 4 aliphatic rings. The molecule has 0 aromatic carbocycles. The van der Waals surface area contributed by atoms with Crippen LogP contribution in [-0.2, 0) is 9.47 Å². The van der Waals surface area contributed by atoms with E-state index in [-0.39, 0.29) is 5.79 Å². The molecule has 18 heavy (non-hydrogen) atoms. The second-order valence-corrected chi connectivity index (χ2v) is 6.64. The van der Waals surface area contributed by atoms with E-state index in [9.17, 15) is 0 Å². The number of hydrogen-bond donors (Lipinski definition) is 0. The lowest BCUT2D eigenvalue weighted by molar-refractivity contribution is -0.271. The molecule has 0 aromatic heterocycles. The predicted octanol–water partition coefficient (Wildman–Crippen LogP) is 2.40.